The molecular weight excluding hydrogens is 676 g/mol. The van der Waals surface area contributed by atoms with Crippen LogP contribution in [0.25, 0.3) is 0 Å². The molecule has 0 fully saturated rings. The predicted octanol–water partition coefficient (Wildman–Crippen LogP) is 7.58. The minimum Gasteiger partial charge on any atom is -0.355 e. The Kier molecular flexibility index (Phi) is 11.8. The van der Waals surface area contributed by atoms with E-state index < -0.39 is 34.4 Å². The molecule has 12 heteroatoms. The lowest BCUT2D eigenvalue weighted by Crippen LogP contribution is -2.53. The van der Waals surface area contributed by atoms with Gasteiger partial charge in [0.25, 0.3) is 10.0 Å². The van der Waals surface area contributed by atoms with E-state index in [2.05, 4.69) is 5.32 Å². The van der Waals surface area contributed by atoms with Gasteiger partial charge < -0.3 is 10.2 Å². The van der Waals surface area contributed by atoms with Gasteiger partial charge in [0.1, 0.15) is 12.6 Å². The van der Waals surface area contributed by atoms with E-state index in [1.807, 2.05) is 37.3 Å². The predicted molar refractivity (Wildman–Crippen MR) is 182 cm³/mol. The molecular formula is C33H31Cl4N3O4S. The summed E-state index contributed by atoms with van der Waals surface area (Å²) in [5, 5.41) is 3.73. The molecule has 0 aliphatic carbocycles. The summed E-state index contributed by atoms with van der Waals surface area (Å²) in [5.41, 5.74) is 2.19. The Morgan fingerprint density at radius 3 is 2.04 bits per heavy atom. The van der Waals surface area contributed by atoms with Crippen molar-refractivity contribution >= 4 is 73.9 Å². The van der Waals surface area contributed by atoms with Crippen molar-refractivity contribution in [3.63, 3.8) is 0 Å². The highest BCUT2D eigenvalue weighted by molar-refractivity contribution is 7.92. The molecule has 0 radical (unpaired) electrons. The van der Waals surface area contributed by atoms with Crippen LogP contribution in [-0.2, 0) is 32.6 Å². The topological polar surface area (TPSA) is 86.8 Å². The van der Waals surface area contributed by atoms with E-state index in [9.17, 15) is 18.0 Å². The number of carbonyl (C=O) groups excluding carboxylic acids is 2. The summed E-state index contributed by atoms with van der Waals surface area (Å²) in [7, 11) is -4.30. The minimum absolute atomic E-state index is 0.0303. The first-order valence-electron chi connectivity index (χ1n) is 14.0. The standard InChI is InChI=1S/C33H31Cl4N3O4S/c1-3-38-33(42)31(18-23-8-5-4-6-9-23)39(20-26-27(34)10-7-11-28(26)35)32(41)21-40(24-14-17-29(36)30(37)19-24)45(43,44)25-15-12-22(2)13-16-25/h4-17,19,31H,3,18,20-21H2,1-2H3,(H,38,42)/t31-/m1/s1. The third kappa shape index (κ3) is 8.51. The van der Waals surface area contributed by atoms with E-state index in [0.29, 0.717) is 22.2 Å². The zero-order valence-electron chi connectivity index (χ0n) is 24.5. The molecule has 4 rings (SSSR count). The van der Waals surface area contributed by atoms with E-state index in [4.69, 9.17) is 46.4 Å². The Bertz CT molecular complexity index is 1750. The lowest BCUT2D eigenvalue weighted by molar-refractivity contribution is -0.140. The van der Waals surface area contributed by atoms with Crippen LogP contribution in [-0.4, -0.2) is 44.3 Å². The smallest absolute Gasteiger partial charge is 0.264 e. The third-order valence-electron chi connectivity index (χ3n) is 7.09. The summed E-state index contributed by atoms with van der Waals surface area (Å²) < 4.78 is 29.2. The highest BCUT2D eigenvalue weighted by atomic mass is 35.5. The molecule has 0 bridgehead atoms. The second-order valence-electron chi connectivity index (χ2n) is 10.2. The number of sulfonamides is 1. The molecule has 0 saturated heterocycles. The molecule has 0 unspecified atom stereocenters. The molecule has 4 aromatic carbocycles. The summed E-state index contributed by atoms with van der Waals surface area (Å²) >= 11 is 25.5. The van der Waals surface area contributed by atoms with Crippen molar-refractivity contribution in [3.8, 4) is 0 Å². The molecule has 236 valence electrons. The van der Waals surface area contributed by atoms with Gasteiger partial charge in [-0.1, -0.05) is 100 Å². The first kappa shape index (κ1) is 34.6. The van der Waals surface area contributed by atoms with Crippen LogP contribution in [0.5, 0.6) is 0 Å². The zero-order valence-corrected chi connectivity index (χ0v) is 28.4. The van der Waals surface area contributed by atoms with E-state index in [0.717, 1.165) is 15.4 Å². The van der Waals surface area contributed by atoms with Crippen molar-refractivity contribution in [3.05, 3.63) is 128 Å². The quantitative estimate of drug-likeness (QED) is 0.165. The first-order valence-corrected chi connectivity index (χ1v) is 17.0. The van der Waals surface area contributed by atoms with Crippen molar-refractivity contribution < 1.29 is 18.0 Å². The minimum atomic E-state index is -4.30. The maximum absolute atomic E-state index is 14.5. The van der Waals surface area contributed by atoms with Crippen LogP contribution < -0.4 is 9.62 Å². The summed E-state index contributed by atoms with van der Waals surface area (Å²) in [6, 6.07) is 23.7. The zero-order chi connectivity index (χ0) is 32.7. The number of benzene rings is 4. The van der Waals surface area contributed by atoms with E-state index in [1.165, 1.54) is 35.2 Å². The number of nitrogens with one attached hydrogen (secondary N) is 1. The summed E-state index contributed by atoms with van der Waals surface area (Å²) in [4.78, 5) is 29.4. The molecule has 7 nitrogen and oxygen atoms in total. The van der Waals surface area contributed by atoms with Gasteiger partial charge in [-0.3, -0.25) is 13.9 Å². The third-order valence-corrected chi connectivity index (χ3v) is 10.3. The van der Waals surface area contributed by atoms with Gasteiger partial charge in [0.2, 0.25) is 11.8 Å². The van der Waals surface area contributed by atoms with E-state index in [1.54, 1.807) is 37.3 Å². The Morgan fingerprint density at radius 1 is 0.800 bits per heavy atom. The van der Waals surface area contributed by atoms with Crippen LogP contribution in [0.4, 0.5) is 5.69 Å². The van der Waals surface area contributed by atoms with E-state index >= 15 is 0 Å². The number of rotatable bonds is 12. The number of carbonyl (C=O) groups is 2. The van der Waals surface area contributed by atoms with Crippen molar-refractivity contribution in [2.24, 2.45) is 0 Å². The Balaban J connectivity index is 1.84. The van der Waals surface area contributed by atoms with Gasteiger partial charge in [-0.05, 0) is 61.9 Å². The number of halogens is 4. The molecule has 2 amide bonds. The molecule has 0 aromatic heterocycles. The molecule has 0 heterocycles. The Morgan fingerprint density at radius 2 is 1.44 bits per heavy atom. The van der Waals surface area contributed by atoms with Gasteiger partial charge in [0.05, 0.1) is 20.6 Å². The molecule has 0 spiro atoms. The summed E-state index contributed by atoms with van der Waals surface area (Å²) in [6.07, 6.45) is 0.151. The van der Waals surface area contributed by atoms with Gasteiger partial charge in [-0.15, -0.1) is 0 Å². The average Bonchev–Trinajstić information content (AvgIpc) is 3.01. The van der Waals surface area contributed by atoms with Crippen LogP contribution in [0.15, 0.2) is 95.9 Å². The van der Waals surface area contributed by atoms with Crippen molar-refractivity contribution in [2.75, 3.05) is 17.4 Å². The second-order valence-corrected chi connectivity index (χ2v) is 13.7. The number of amides is 2. The second kappa shape index (κ2) is 15.3. The lowest BCUT2D eigenvalue weighted by atomic mass is 10.0. The molecule has 45 heavy (non-hydrogen) atoms. The van der Waals surface area contributed by atoms with Gasteiger partial charge in [-0.25, -0.2) is 8.42 Å². The van der Waals surface area contributed by atoms with Crippen LogP contribution in [0.1, 0.15) is 23.6 Å². The first-order chi connectivity index (χ1) is 21.4. The lowest BCUT2D eigenvalue weighted by Gasteiger charge is -2.34. The SMILES string of the molecule is CCNC(=O)[C@@H](Cc1ccccc1)N(Cc1c(Cl)cccc1Cl)C(=O)CN(c1ccc(Cl)c(Cl)c1)S(=O)(=O)c1ccc(C)cc1. The molecule has 4 aromatic rings. The Labute approximate surface area is 283 Å². The number of anilines is 1. The van der Waals surface area contributed by atoms with Gasteiger partial charge in [-0.2, -0.15) is 0 Å². The normalized spacial score (nSPS) is 12.0. The fourth-order valence-electron chi connectivity index (χ4n) is 4.71. The number of aryl methyl sites for hydroxylation is 1. The highest BCUT2D eigenvalue weighted by Crippen LogP contribution is 2.32. The van der Waals surface area contributed by atoms with Crippen LogP contribution in [0.3, 0.4) is 0 Å². The fraction of sp³-hybridized carbons (Fsp3) is 0.212. The monoisotopic (exact) mass is 705 g/mol. The number of likely N-dealkylation sites (N-methyl/N-ethyl adjacent to an activating group) is 1. The summed E-state index contributed by atoms with van der Waals surface area (Å²) in [5.74, 6) is -1.08. The van der Waals surface area contributed by atoms with Crippen LogP contribution in [0, 0.1) is 6.92 Å². The van der Waals surface area contributed by atoms with E-state index in [-0.39, 0.29) is 33.6 Å². The van der Waals surface area contributed by atoms with Crippen molar-refractivity contribution in [2.45, 2.75) is 37.8 Å². The van der Waals surface area contributed by atoms with Gasteiger partial charge in [0.15, 0.2) is 0 Å². The Hall–Kier alpha value is -3.27. The molecule has 0 saturated carbocycles. The maximum atomic E-state index is 14.5. The number of nitrogens with zero attached hydrogens (tertiary/aromatic N) is 2. The summed E-state index contributed by atoms with van der Waals surface area (Å²) in [6.45, 7) is 3.10. The number of hydrogen-bond donors (Lipinski definition) is 1. The van der Waals surface area contributed by atoms with Crippen molar-refractivity contribution in [1.82, 2.24) is 10.2 Å². The fourth-order valence-corrected chi connectivity index (χ4v) is 6.92. The molecule has 1 N–H and O–H groups in total. The van der Waals surface area contributed by atoms with Crippen LogP contribution in [0.2, 0.25) is 20.1 Å². The molecule has 0 aliphatic heterocycles. The van der Waals surface area contributed by atoms with Crippen molar-refractivity contribution in [1.29, 1.82) is 0 Å². The average molecular weight is 708 g/mol. The molecule has 1 atom stereocenters. The van der Waals surface area contributed by atoms with Crippen LogP contribution >= 0.6 is 46.4 Å². The number of hydrogen-bond acceptors (Lipinski definition) is 4. The maximum Gasteiger partial charge on any atom is 0.264 e. The highest BCUT2D eigenvalue weighted by Gasteiger charge is 2.35. The van der Waals surface area contributed by atoms with Gasteiger partial charge >= 0.3 is 0 Å². The molecule has 0 aliphatic rings. The van der Waals surface area contributed by atoms with Gasteiger partial charge in [0, 0.05) is 35.1 Å². The largest absolute Gasteiger partial charge is 0.355 e.